The zero-order valence-corrected chi connectivity index (χ0v) is 11.6. The van der Waals surface area contributed by atoms with Gasteiger partial charge in [0.25, 0.3) is 0 Å². The van der Waals surface area contributed by atoms with Gasteiger partial charge in [0.1, 0.15) is 0 Å². The fourth-order valence-corrected chi connectivity index (χ4v) is 3.54. The second-order valence-electron chi connectivity index (χ2n) is 6.66. The Balaban J connectivity index is 2.43. The zero-order chi connectivity index (χ0) is 12.2. The molecule has 1 aliphatic rings. The number of hydrogen-bond acceptors (Lipinski definition) is 1. The Labute approximate surface area is 102 Å². The summed E-state index contributed by atoms with van der Waals surface area (Å²) in [6.45, 7) is 9.96. The number of hydrogen-bond donors (Lipinski definition) is 1. The second-order valence-corrected chi connectivity index (χ2v) is 6.66. The van der Waals surface area contributed by atoms with E-state index in [0.29, 0.717) is 17.9 Å². The van der Waals surface area contributed by atoms with E-state index in [4.69, 9.17) is 5.11 Å². The van der Waals surface area contributed by atoms with Crippen LogP contribution in [0.3, 0.4) is 0 Å². The predicted molar refractivity (Wildman–Crippen MR) is 70.4 cm³/mol. The average molecular weight is 226 g/mol. The van der Waals surface area contributed by atoms with Crippen molar-refractivity contribution in [1.29, 1.82) is 0 Å². The van der Waals surface area contributed by atoms with Crippen molar-refractivity contribution in [1.82, 2.24) is 0 Å². The molecule has 0 aromatic rings. The molecular weight excluding hydrogens is 196 g/mol. The summed E-state index contributed by atoms with van der Waals surface area (Å²) >= 11 is 0. The molecular formula is C15H30O. The molecule has 96 valence electrons. The first-order valence-electron chi connectivity index (χ1n) is 7.08. The molecule has 1 fully saturated rings. The molecule has 0 aliphatic heterocycles. The van der Waals surface area contributed by atoms with E-state index in [9.17, 15) is 0 Å². The van der Waals surface area contributed by atoms with Crippen LogP contribution in [0.2, 0.25) is 0 Å². The van der Waals surface area contributed by atoms with Crippen molar-refractivity contribution < 1.29 is 5.11 Å². The van der Waals surface area contributed by atoms with Crippen molar-refractivity contribution in [2.45, 2.75) is 66.2 Å². The summed E-state index contributed by atoms with van der Waals surface area (Å²) in [5.41, 5.74) is 0.538. The zero-order valence-electron chi connectivity index (χ0n) is 11.6. The number of rotatable bonds is 5. The fourth-order valence-electron chi connectivity index (χ4n) is 3.54. The number of aliphatic hydroxyl groups excluding tert-OH is 1. The van der Waals surface area contributed by atoms with Crippen molar-refractivity contribution in [2.75, 3.05) is 6.61 Å². The van der Waals surface area contributed by atoms with Crippen LogP contribution in [0.1, 0.15) is 66.2 Å². The average Bonchev–Trinajstić information content (AvgIpc) is 2.16. The molecule has 1 N–H and O–H groups in total. The highest BCUT2D eigenvalue weighted by atomic mass is 16.3. The van der Waals surface area contributed by atoms with Gasteiger partial charge in [-0.3, -0.25) is 0 Å². The van der Waals surface area contributed by atoms with Gasteiger partial charge >= 0.3 is 0 Å². The summed E-state index contributed by atoms with van der Waals surface area (Å²) in [5.74, 6) is 2.47. The van der Waals surface area contributed by atoms with Crippen LogP contribution >= 0.6 is 0 Å². The van der Waals surface area contributed by atoms with E-state index in [1.807, 2.05) is 0 Å². The summed E-state index contributed by atoms with van der Waals surface area (Å²) in [7, 11) is 0. The van der Waals surface area contributed by atoms with Crippen LogP contribution in [-0.2, 0) is 0 Å². The second kappa shape index (κ2) is 6.05. The third-order valence-corrected chi connectivity index (χ3v) is 4.76. The molecule has 3 unspecified atom stereocenters. The molecule has 0 aromatic heterocycles. The third-order valence-electron chi connectivity index (χ3n) is 4.76. The molecule has 1 nitrogen and oxygen atoms in total. The van der Waals surface area contributed by atoms with Crippen molar-refractivity contribution >= 4 is 0 Å². The van der Waals surface area contributed by atoms with Crippen molar-refractivity contribution in [3.63, 3.8) is 0 Å². The molecule has 0 aromatic carbocycles. The van der Waals surface area contributed by atoms with Crippen LogP contribution in [0, 0.1) is 23.2 Å². The van der Waals surface area contributed by atoms with Gasteiger partial charge in [-0.05, 0) is 42.4 Å². The Hall–Kier alpha value is -0.0400. The highest BCUT2D eigenvalue weighted by molar-refractivity contribution is 4.86. The lowest BCUT2D eigenvalue weighted by atomic mass is 9.62. The summed E-state index contributed by atoms with van der Waals surface area (Å²) < 4.78 is 0. The molecule has 1 heteroatoms. The molecule has 3 atom stereocenters. The minimum Gasteiger partial charge on any atom is -0.396 e. The lowest BCUT2D eigenvalue weighted by Gasteiger charge is -2.43. The maximum atomic E-state index is 8.93. The quantitative estimate of drug-likeness (QED) is 0.743. The van der Waals surface area contributed by atoms with E-state index >= 15 is 0 Å². The molecule has 0 heterocycles. The molecule has 1 aliphatic carbocycles. The van der Waals surface area contributed by atoms with E-state index in [0.717, 1.165) is 18.3 Å². The summed E-state index contributed by atoms with van der Waals surface area (Å²) in [6, 6.07) is 0. The molecule has 1 saturated carbocycles. The first-order valence-corrected chi connectivity index (χ1v) is 7.08. The van der Waals surface area contributed by atoms with Gasteiger partial charge in [-0.25, -0.2) is 0 Å². The lowest BCUT2D eigenvalue weighted by molar-refractivity contribution is 0.0700. The van der Waals surface area contributed by atoms with Crippen molar-refractivity contribution in [3.8, 4) is 0 Å². The van der Waals surface area contributed by atoms with Crippen LogP contribution in [-0.4, -0.2) is 11.7 Å². The Morgan fingerprint density at radius 2 is 2.00 bits per heavy atom. The Morgan fingerprint density at radius 3 is 2.56 bits per heavy atom. The van der Waals surface area contributed by atoms with Gasteiger partial charge in [-0.2, -0.15) is 0 Å². The molecule has 16 heavy (non-hydrogen) atoms. The lowest BCUT2D eigenvalue weighted by Crippen LogP contribution is -2.33. The SMILES string of the molecule is CC(CCO)CCC1C(C)CCCC1(C)C. The monoisotopic (exact) mass is 226 g/mol. The molecule has 0 amide bonds. The van der Waals surface area contributed by atoms with Gasteiger partial charge in [-0.15, -0.1) is 0 Å². The molecule has 0 bridgehead atoms. The third kappa shape index (κ3) is 3.76. The summed E-state index contributed by atoms with van der Waals surface area (Å²) in [4.78, 5) is 0. The minimum atomic E-state index is 0.352. The van der Waals surface area contributed by atoms with Gasteiger partial charge < -0.3 is 5.11 Å². The Morgan fingerprint density at radius 1 is 1.31 bits per heavy atom. The van der Waals surface area contributed by atoms with Crippen LogP contribution < -0.4 is 0 Å². The van der Waals surface area contributed by atoms with Crippen molar-refractivity contribution in [3.05, 3.63) is 0 Å². The Bertz CT molecular complexity index is 198. The van der Waals surface area contributed by atoms with Crippen molar-refractivity contribution in [2.24, 2.45) is 23.2 Å². The molecule has 0 radical (unpaired) electrons. The highest BCUT2D eigenvalue weighted by Gasteiger charge is 2.36. The van der Waals surface area contributed by atoms with Crippen LogP contribution in [0.25, 0.3) is 0 Å². The maximum absolute atomic E-state index is 8.93. The first kappa shape index (κ1) is 14.0. The van der Waals surface area contributed by atoms with Gasteiger partial charge in [-0.1, -0.05) is 47.0 Å². The van der Waals surface area contributed by atoms with E-state index in [-0.39, 0.29) is 0 Å². The van der Waals surface area contributed by atoms with E-state index in [2.05, 4.69) is 27.7 Å². The van der Waals surface area contributed by atoms with Gasteiger partial charge in [0.2, 0.25) is 0 Å². The van der Waals surface area contributed by atoms with Crippen LogP contribution in [0.5, 0.6) is 0 Å². The summed E-state index contributed by atoms with van der Waals surface area (Å²) in [6.07, 6.45) is 7.85. The van der Waals surface area contributed by atoms with Gasteiger partial charge in [0, 0.05) is 6.61 Å². The summed E-state index contributed by atoms with van der Waals surface area (Å²) in [5, 5.41) is 8.93. The van der Waals surface area contributed by atoms with Crippen LogP contribution in [0.4, 0.5) is 0 Å². The van der Waals surface area contributed by atoms with Gasteiger partial charge in [0.15, 0.2) is 0 Å². The Kier molecular flexibility index (Phi) is 5.30. The van der Waals surface area contributed by atoms with E-state index in [1.165, 1.54) is 32.1 Å². The normalized spacial score (nSPS) is 31.3. The maximum Gasteiger partial charge on any atom is 0.0433 e. The standard InChI is InChI=1S/C15H30O/c1-12(9-11-16)7-8-14-13(2)6-5-10-15(14,3)4/h12-14,16H,5-11H2,1-4H3. The predicted octanol–water partition coefficient (Wildman–Crippen LogP) is 4.25. The minimum absolute atomic E-state index is 0.352. The molecule has 0 spiro atoms. The van der Waals surface area contributed by atoms with E-state index < -0.39 is 0 Å². The number of aliphatic hydroxyl groups is 1. The van der Waals surface area contributed by atoms with E-state index in [1.54, 1.807) is 0 Å². The fraction of sp³-hybridized carbons (Fsp3) is 1.00. The largest absolute Gasteiger partial charge is 0.396 e. The van der Waals surface area contributed by atoms with Crippen LogP contribution in [0.15, 0.2) is 0 Å². The smallest absolute Gasteiger partial charge is 0.0433 e. The van der Waals surface area contributed by atoms with Gasteiger partial charge in [0.05, 0.1) is 0 Å². The highest BCUT2D eigenvalue weighted by Crippen LogP contribution is 2.46. The molecule has 0 saturated heterocycles. The first-order chi connectivity index (χ1) is 7.47. The topological polar surface area (TPSA) is 20.2 Å². The molecule has 1 rings (SSSR count).